The summed E-state index contributed by atoms with van der Waals surface area (Å²) in [5, 5.41) is 9.86. The minimum atomic E-state index is -4.76. The molecule has 0 fully saturated rings. The lowest BCUT2D eigenvalue weighted by atomic mass is 10.0. The fourth-order valence-electron chi connectivity index (χ4n) is 9.14. The number of phosphoric ester groups is 1. The SMILES string of the molecule is CC/C=C\C/C=C\C/C=C\C/C=C\C/C=C\CCCCCC(=O)OC(COC(=O)CCCCCCCCCCCCCCCCCCC)COP(=O)(O)OCC(CO)OC(=O)CCCCCCCCC/C=C\CCCCCCCC. The van der Waals surface area contributed by atoms with Crippen LogP contribution in [0.4, 0.5) is 0 Å². The van der Waals surface area contributed by atoms with Crippen molar-refractivity contribution < 1.29 is 52.2 Å². The van der Waals surface area contributed by atoms with Gasteiger partial charge in [-0.2, -0.15) is 0 Å². The van der Waals surface area contributed by atoms with Crippen molar-refractivity contribution in [2.75, 3.05) is 26.4 Å². The first kappa shape index (κ1) is 76.9. The quantitative estimate of drug-likeness (QED) is 0.0197. The van der Waals surface area contributed by atoms with Crippen LogP contribution in [0, 0.1) is 0 Å². The highest BCUT2D eigenvalue weighted by atomic mass is 31.2. The van der Waals surface area contributed by atoms with Gasteiger partial charge in [0.1, 0.15) is 12.7 Å². The Labute approximate surface area is 490 Å². The molecule has 0 aromatic rings. The average molecular weight is 1150 g/mol. The maximum atomic E-state index is 13.0. The Hall–Kier alpha value is -3.08. The molecule has 0 aliphatic carbocycles. The van der Waals surface area contributed by atoms with E-state index in [-0.39, 0.29) is 25.9 Å². The van der Waals surface area contributed by atoms with E-state index in [1.54, 1.807) is 0 Å². The van der Waals surface area contributed by atoms with Gasteiger partial charge in [-0.3, -0.25) is 23.4 Å². The molecular formula is C68H121O11P. The van der Waals surface area contributed by atoms with E-state index < -0.39 is 57.8 Å². The van der Waals surface area contributed by atoms with Gasteiger partial charge in [-0.05, 0) is 89.9 Å². The molecule has 0 saturated carbocycles. The minimum Gasteiger partial charge on any atom is -0.462 e. The fourth-order valence-corrected chi connectivity index (χ4v) is 9.93. The van der Waals surface area contributed by atoms with Crippen molar-refractivity contribution >= 4 is 25.7 Å². The van der Waals surface area contributed by atoms with Crippen LogP contribution in [0.5, 0.6) is 0 Å². The molecule has 0 aromatic carbocycles. The first-order chi connectivity index (χ1) is 39.2. The molecule has 0 heterocycles. The van der Waals surface area contributed by atoms with Crippen molar-refractivity contribution in [3.8, 4) is 0 Å². The number of hydrogen-bond acceptors (Lipinski definition) is 10. The van der Waals surface area contributed by atoms with Gasteiger partial charge in [0.05, 0.1) is 19.8 Å². The van der Waals surface area contributed by atoms with Crippen LogP contribution in [0.2, 0.25) is 0 Å². The molecule has 80 heavy (non-hydrogen) atoms. The van der Waals surface area contributed by atoms with Crippen LogP contribution in [-0.4, -0.2) is 66.5 Å². The molecule has 0 bridgehead atoms. The van der Waals surface area contributed by atoms with Gasteiger partial charge in [0.2, 0.25) is 0 Å². The van der Waals surface area contributed by atoms with E-state index in [2.05, 4.69) is 93.7 Å². The number of hydrogen-bond donors (Lipinski definition) is 2. The maximum Gasteiger partial charge on any atom is 0.472 e. The van der Waals surface area contributed by atoms with Gasteiger partial charge < -0.3 is 24.2 Å². The zero-order chi connectivity index (χ0) is 58.3. The molecule has 3 atom stereocenters. The van der Waals surface area contributed by atoms with Crippen molar-refractivity contribution in [1.29, 1.82) is 0 Å². The molecule has 0 aromatic heterocycles. The summed E-state index contributed by atoms with van der Waals surface area (Å²) in [4.78, 5) is 48.8. The van der Waals surface area contributed by atoms with Gasteiger partial charge >= 0.3 is 25.7 Å². The van der Waals surface area contributed by atoms with Crippen LogP contribution >= 0.6 is 7.82 Å². The van der Waals surface area contributed by atoms with Gasteiger partial charge in [0, 0.05) is 19.3 Å². The number of carbonyl (C=O) groups excluding carboxylic acids is 3. The first-order valence-electron chi connectivity index (χ1n) is 32.8. The largest absolute Gasteiger partial charge is 0.472 e. The lowest BCUT2D eigenvalue weighted by Crippen LogP contribution is -2.30. The molecule has 464 valence electrons. The number of esters is 3. The van der Waals surface area contributed by atoms with Gasteiger partial charge in [-0.25, -0.2) is 4.57 Å². The summed E-state index contributed by atoms with van der Waals surface area (Å²) < 4.78 is 39.7. The third-order valence-electron chi connectivity index (χ3n) is 14.1. The second kappa shape index (κ2) is 62.0. The highest BCUT2D eigenvalue weighted by Crippen LogP contribution is 2.43. The number of allylic oxidation sites excluding steroid dienone is 12. The minimum absolute atomic E-state index is 0.129. The molecule has 2 N–H and O–H groups in total. The Balaban J connectivity index is 4.73. The molecule has 3 unspecified atom stereocenters. The van der Waals surface area contributed by atoms with Crippen molar-refractivity contribution in [2.24, 2.45) is 0 Å². The van der Waals surface area contributed by atoms with Crippen molar-refractivity contribution in [3.63, 3.8) is 0 Å². The van der Waals surface area contributed by atoms with Crippen molar-refractivity contribution in [2.45, 2.75) is 315 Å². The Morgan fingerprint density at radius 3 is 1.02 bits per heavy atom. The van der Waals surface area contributed by atoms with Crippen LogP contribution < -0.4 is 0 Å². The third kappa shape index (κ3) is 59.5. The number of carbonyl (C=O) groups is 3. The summed E-state index contributed by atoms with van der Waals surface area (Å²) in [7, 11) is -4.76. The maximum absolute atomic E-state index is 13.0. The van der Waals surface area contributed by atoms with E-state index in [1.807, 2.05) is 0 Å². The van der Waals surface area contributed by atoms with E-state index in [0.717, 1.165) is 96.3 Å². The topological polar surface area (TPSA) is 155 Å². The summed E-state index contributed by atoms with van der Waals surface area (Å²) in [5.74, 6) is -1.49. The molecule has 0 rings (SSSR count). The predicted octanol–water partition coefficient (Wildman–Crippen LogP) is 20.0. The van der Waals surface area contributed by atoms with Gasteiger partial charge in [0.15, 0.2) is 6.10 Å². The lowest BCUT2D eigenvalue weighted by Gasteiger charge is -2.21. The fraction of sp³-hybridized carbons (Fsp3) is 0.779. The van der Waals surface area contributed by atoms with Gasteiger partial charge in [-0.15, -0.1) is 0 Å². The zero-order valence-corrected chi connectivity index (χ0v) is 52.4. The summed E-state index contributed by atoms with van der Waals surface area (Å²) in [6.45, 7) is 4.54. The van der Waals surface area contributed by atoms with Gasteiger partial charge in [-0.1, -0.05) is 267 Å². The molecule has 11 nitrogen and oxygen atoms in total. The number of aliphatic hydroxyl groups is 1. The molecule has 0 spiro atoms. The summed E-state index contributed by atoms with van der Waals surface area (Å²) in [6.07, 6.45) is 71.4. The molecule has 0 amide bonds. The Morgan fingerprint density at radius 2 is 0.650 bits per heavy atom. The highest BCUT2D eigenvalue weighted by Gasteiger charge is 2.28. The Bertz CT molecular complexity index is 1620. The second-order valence-electron chi connectivity index (χ2n) is 21.9. The van der Waals surface area contributed by atoms with E-state index in [9.17, 15) is 28.9 Å². The molecule has 0 radical (unpaired) electrons. The second-order valence-corrected chi connectivity index (χ2v) is 23.4. The van der Waals surface area contributed by atoms with E-state index in [4.69, 9.17) is 23.3 Å². The lowest BCUT2D eigenvalue weighted by molar-refractivity contribution is -0.161. The number of rotatable bonds is 61. The van der Waals surface area contributed by atoms with Gasteiger partial charge in [0.25, 0.3) is 0 Å². The van der Waals surface area contributed by atoms with Crippen LogP contribution in [-0.2, 0) is 42.2 Å². The number of unbranched alkanes of at least 4 members (excludes halogenated alkanes) is 32. The Morgan fingerprint density at radius 1 is 0.362 bits per heavy atom. The standard InChI is InChI=1S/C68H121O11P/c1-4-7-10-13-16-19-22-25-28-31-32-35-38-41-44-47-50-53-56-59-68(72)79-65(61-75-66(70)57-54-51-48-45-42-39-36-33-29-26-23-20-17-14-11-8-5-2)63-77-80(73,74)76-62-64(60-69)78-67(71)58-55-52-49-46-43-40-37-34-30-27-24-21-18-15-12-9-6-3/h7,10,16,19,25,27-28,30,32,35,41,44,64-65,69H,4-6,8-9,11-15,17-18,20-24,26,29,31,33-34,36-40,42-43,45-63H2,1-3H3,(H,73,74)/b10-7-,19-16-,28-25-,30-27-,35-32-,44-41-. The van der Waals surface area contributed by atoms with E-state index >= 15 is 0 Å². The highest BCUT2D eigenvalue weighted by molar-refractivity contribution is 7.47. The van der Waals surface area contributed by atoms with Crippen LogP contribution in [0.15, 0.2) is 72.9 Å². The zero-order valence-electron chi connectivity index (χ0n) is 51.5. The van der Waals surface area contributed by atoms with Crippen LogP contribution in [0.25, 0.3) is 0 Å². The number of aliphatic hydroxyl groups excluding tert-OH is 1. The molecular weight excluding hydrogens is 1020 g/mol. The van der Waals surface area contributed by atoms with E-state index in [1.165, 1.54) is 148 Å². The monoisotopic (exact) mass is 1140 g/mol. The molecule has 0 aliphatic heterocycles. The molecule has 12 heteroatoms. The average Bonchev–Trinajstić information content (AvgIpc) is 3.45. The summed E-state index contributed by atoms with van der Waals surface area (Å²) in [5.41, 5.74) is 0. The summed E-state index contributed by atoms with van der Waals surface area (Å²) >= 11 is 0. The Kier molecular flexibility index (Phi) is 59.6. The number of ether oxygens (including phenoxy) is 3. The molecule has 0 aliphatic rings. The first-order valence-corrected chi connectivity index (χ1v) is 34.3. The van der Waals surface area contributed by atoms with Crippen LogP contribution in [0.1, 0.15) is 303 Å². The molecule has 0 saturated heterocycles. The van der Waals surface area contributed by atoms with Crippen molar-refractivity contribution in [1.82, 2.24) is 0 Å². The van der Waals surface area contributed by atoms with Crippen molar-refractivity contribution in [3.05, 3.63) is 72.9 Å². The number of phosphoric acid groups is 1. The van der Waals surface area contributed by atoms with E-state index in [0.29, 0.717) is 19.3 Å². The predicted molar refractivity (Wildman–Crippen MR) is 335 cm³/mol. The van der Waals surface area contributed by atoms with Crippen LogP contribution in [0.3, 0.4) is 0 Å². The third-order valence-corrected chi connectivity index (χ3v) is 15.1. The smallest absolute Gasteiger partial charge is 0.462 e. The summed E-state index contributed by atoms with van der Waals surface area (Å²) in [6, 6.07) is 0. The normalized spacial score (nSPS) is 13.7.